The third-order valence-electron chi connectivity index (χ3n) is 0.750. The Kier molecular flexibility index (Phi) is 5.56. The summed E-state index contributed by atoms with van der Waals surface area (Å²) in [6.45, 7) is 13.1. The van der Waals surface area contributed by atoms with Crippen molar-refractivity contribution in [1.82, 2.24) is 5.32 Å². The van der Waals surface area contributed by atoms with Gasteiger partial charge in [0.15, 0.2) is 0 Å². The van der Waals surface area contributed by atoms with Crippen molar-refractivity contribution >= 4 is 0 Å². The van der Waals surface area contributed by atoms with Gasteiger partial charge in [-0.1, -0.05) is 0 Å². The molecule has 1 N–H and O–H groups in total. The molecule has 0 aliphatic carbocycles. The van der Waals surface area contributed by atoms with Gasteiger partial charge in [0, 0.05) is 11.1 Å². The van der Waals surface area contributed by atoms with E-state index in [2.05, 4.69) is 46.9 Å². The van der Waals surface area contributed by atoms with E-state index in [9.17, 15) is 0 Å². The Labute approximate surface area is 88.7 Å². The van der Waals surface area contributed by atoms with Crippen LogP contribution in [-0.2, 0) is 0 Å². The van der Waals surface area contributed by atoms with Crippen molar-refractivity contribution in [2.24, 2.45) is 0 Å². The Morgan fingerprint density at radius 3 is 1.00 bits per heavy atom. The first-order valence-corrected chi connectivity index (χ1v) is 3.50. The molecular weight excluding hydrogens is 133 g/mol. The molecule has 0 aromatic rings. The fraction of sp³-hybridized carbons (Fsp3) is 1.00. The Morgan fingerprint density at radius 1 is 0.800 bits per heavy atom. The summed E-state index contributed by atoms with van der Waals surface area (Å²) in [5, 5.41) is 3.46. The zero-order chi connectivity index (χ0) is 7.71. The van der Waals surface area contributed by atoms with Crippen LogP contribution in [0.1, 0.15) is 43.0 Å². The molecule has 0 heterocycles. The van der Waals surface area contributed by atoms with Gasteiger partial charge < -0.3 is 6.74 Å². The Hall–Kier alpha value is 0.960. The number of nitrogens with one attached hydrogen (secondary N) is 1. The average molecular weight is 153 g/mol. The van der Waals surface area contributed by atoms with E-state index < -0.39 is 0 Å². The summed E-state index contributed by atoms with van der Waals surface area (Å²) in [6, 6.07) is 0. The molecule has 0 aromatic carbocycles. The van der Waals surface area contributed by atoms with E-state index in [1.165, 1.54) is 0 Å². The van der Waals surface area contributed by atoms with E-state index in [-0.39, 0.29) is 42.1 Å². The van der Waals surface area contributed by atoms with Gasteiger partial charge >= 0.3 is 29.6 Å². The number of rotatable bonds is 0. The quantitative estimate of drug-likeness (QED) is 0.453. The minimum atomic E-state index is 0. The third-order valence-corrected chi connectivity index (χ3v) is 0.750. The van der Waals surface area contributed by atoms with Crippen LogP contribution in [0.15, 0.2) is 0 Å². The SMILES string of the molecule is CC(C)(C)NC(C)(C)C.[H-].[Na+]. The molecule has 0 aromatic heterocycles. The Balaban J connectivity index is -0.000000320. The molecule has 0 radical (unpaired) electrons. The monoisotopic (exact) mass is 153 g/mol. The van der Waals surface area contributed by atoms with Crippen molar-refractivity contribution in [1.29, 1.82) is 0 Å². The van der Waals surface area contributed by atoms with Gasteiger partial charge in [0.2, 0.25) is 0 Å². The van der Waals surface area contributed by atoms with E-state index in [1.807, 2.05) is 0 Å². The largest absolute Gasteiger partial charge is 1.00 e. The Morgan fingerprint density at radius 2 is 1.00 bits per heavy atom. The van der Waals surface area contributed by atoms with Crippen LogP contribution in [0.25, 0.3) is 0 Å². The predicted molar refractivity (Wildman–Crippen MR) is 43.8 cm³/mol. The van der Waals surface area contributed by atoms with Crippen LogP contribution in [0.4, 0.5) is 0 Å². The van der Waals surface area contributed by atoms with Crippen LogP contribution in [0.2, 0.25) is 0 Å². The van der Waals surface area contributed by atoms with E-state index in [1.54, 1.807) is 0 Å². The molecule has 2 heteroatoms. The zero-order valence-electron chi connectivity index (χ0n) is 9.50. The van der Waals surface area contributed by atoms with Gasteiger partial charge in [-0.15, -0.1) is 0 Å². The van der Waals surface area contributed by atoms with Gasteiger partial charge in [-0.3, -0.25) is 0 Å². The molecule has 0 aliphatic rings. The van der Waals surface area contributed by atoms with E-state index in [0.717, 1.165) is 0 Å². The smallest absolute Gasteiger partial charge is 1.00 e. The third kappa shape index (κ3) is 11.7. The number of hydrogen-bond acceptors (Lipinski definition) is 1. The van der Waals surface area contributed by atoms with Crippen LogP contribution in [-0.4, -0.2) is 11.1 Å². The van der Waals surface area contributed by atoms with Gasteiger partial charge in [-0.05, 0) is 41.5 Å². The molecule has 0 aliphatic heterocycles. The van der Waals surface area contributed by atoms with Gasteiger partial charge in [0.1, 0.15) is 0 Å². The van der Waals surface area contributed by atoms with Crippen molar-refractivity contribution in [2.45, 2.75) is 52.6 Å². The first kappa shape index (κ1) is 13.5. The molecule has 58 valence electrons. The maximum absolute atomic E-state index is 3.46. The van der Waals surface area contributed by atoms with Crippen molar-refractivity contribution < 1.29 is 31.0 Å². The normalized spacial score (nSPS) is 12.6. The van der Waals surface area contributed by atoms with Crippen LogP contribution in [0.3, 0.4) is 0 Å². The topological polar surface area (TPSA) is 12.0 Å². The van der Waals surface area contributed by atoms with E-state index in [0.29, 0.717) is 0 Å². The molecule has 0 amide bonds. The van der Waals surface area contributed by atoms with Gasteiger partial charge in [0.05, 0.1) is 0 Å². The van der Waals surface area contributed by atoms with Gasteiger partial charge in [0.25, 0.3) is 0 Å². The molecule has 10 heavy (non-hydrogen) atoms. The second-order valence-corrected chi connectivity index (χ2v) is 4.62. The van der Waals surface area contributed by atoms with Crippen LogP contribution in [0.5, 0.6) is 0 Å². The first-order chi connectivity index (χ1) is 3.71. The molecule has 0 saturated heterocycles. The molecule has 1 nitrogen and oxygen atoms in total. The summed E-state index contributed by atoms with van der Waals surface area (Å²) in [6.07, 6.45) is 0. The maximum atomic E-state index is 3.46. The van der Waals surface area contributed by atoms with Crippen molar-refractivity contribution in [3.05, 3.63) is 0 Å². The minimum absolute atomic E-state index is 0. The average Bonchev–Trinajstić information content (AvgIpc) is 1.14. The summed E-state index contributed by atoms with van der Waals surface area (Å²) >= 11 is 0. The standard InChI is InChI=1S/C8H19N.Na.H/c1-7(2,3)9-8(4,5)6;;/h9H,1-6H3;;/q;+1;-1. The van der Waals surface area contributed by atoms with Crippen molar-refractivity contribution in [3.63, 3.8) is 0 Å². The van der Waals surface area contributed by atoms with E-state index >= 15 is 0 Å². The summed E-state index contributed by atoms with van der Waals surface area (Å²) < 4.78 is 0. The second-order valence-electron chi connectivity index (χ2n) is 4.62. The molecule has 0 saturated carbocycles. The minimum Gasteiger partial charge on any atom is -1.00 e. The molecule has 0 unspecified atom stereocenters. The predicted octanol–water partition coefficient (Wildman–Crippen LogP) is -0.710. The fourth-order valence-electron chi connectivity index (χ4n) is 1.12. The molecule has 0 rings (SSSR count). The molecule has 0 spiro atoms. The van der Waals surface area contributed by atoms with Crippen LogP contribution >= 0.6 is 0 Å². The van der Waals surface area contributed by atoms with Crippen LogP contribution < -0.4 is 34.9 Å². The summed E-state index contributed by atoms with van der Waals surface area (Å²) in [5.41, 5.74) is 0.469. The molecule has 0 bridgehead atoms. The maximum Gasteiger partial charge on any atom is 1.00 e. The summed E-state index contributed by atoms with van der Waals surface area (Å²) in [7, 11) is 0. The second kappa shape index (κ2) is 4.10. The fourth-order valence-corrected chi connectivity index (χ4v) is 1.12. The van der Waals surface area contributed by atoms with Crippen molar-refractivity contribution in [2.75, 3.05) is 0 Å². The summed E-state index contributed by atoms with van der Waals surface area (Å²) in [5.74, 6) is 0. The first-order valence-electron chi connectivity index (χ1n) is 3.50. The molecule has 0 fully saturated rings. The zero-order valence-corrected chi connectivity index (χ0v) is 10.5. The summed E-state index contributed by atoms with van der Waals surface area (Å²) in [4.78, 5) is 0. The van der Waals surface area contributed by atoms with Gasteiger partial charge in [-0.25, -0.2) is 0 Å². The molecular formula is C8H20NNa. The van der Waals surface area contributed by atoms with Crippen LogP contribution in [0, 0.1) is 0 Å². The molecule has 0 atom stereocenters. The van der Waals surface area contributed by atoms with Crippen molar-refractivity contribution in [3.8, 4) is 0 Å². The van der Waals surface area contributed by atoms with Gasteiger partial charge in [-0.2, -0.15) is 0 Å². The number of hydrogen-bond donors (Lipinski definition) is 1. The van der Waals surface area contributed by atoms with E-state index in [4.69, 9.17) is 0 Å². The Bertz CT molecular complexity index is 79.2.